The molecule has 0 amide bonds. The Kier molecular flexibility index (Phi) is 7.90. The summed E-state index contributed by atoms with van der Waals surface area (Å²) in [5.74, 6) is 1.17. The lowest BCUT2D eigenvalue weighted by atomic mass is 10.2. The van der Waals surface area contributed by atoms with E-state index in [2.05, 4.69) is 77.5 Å². The molecule has 0 atom stereocenters. The van der Waals surface area contributed by atoms with Crippen molar-refractivity contribution in [1.82, 2.24) is 4.90 Å². The number of nitrogens with zero attached hydrogens (tertiary/aromatic N) is 2. The largest absolute Gasteiger partial charge is 0.370 e. The molecule has 2 aromatic rings. The first-order valence-electron chi connectivity index (χ1n) is 10.0. The zero-order chi connectivity index (χ0) is 18.0. The third kappa shape index (κ3) is 6.07. The van der Waals surface area contributed by atoms with Gasteiger partial charge < -0.3 is 9.80 Å². The van der Waals surface area contributed by atoms with E-state index in [0.29, 0.717) is 0 Å². The van der Waals surface area contributed by atoms with Gasteiger partial charge in [-0.15, -0.1) is 11.8 Å². The van der Waals surface area contributed by atoms with E-state index in [-0.39, 0.29) is 0 Å². The van der Waals surface area contributed by atoms with Gasteiger partial charge in [-0.1, -0.05) is 49.2 Å². The van der Waals surface area contributed by atoms with E-state index in [0.717, 1.165) is 25.7 Å². The van der Waals surface area contributed by atoms with Gasteiger partial charge in [-0.25, -0.2) is 0 Å². The molecule has 0 unspecified atom stereocenters. The minimum Gasteiger partial charge on any atom is -0.370 e. The molecule has 0 aliphatic heterocycles. The lowest BCUT2D eigenvalue weighted by Gasteiger charge is -2.30. The predicted molar refractivity (Wildman–Crippen MR) is 115 cm³/mol. The van der Waals surface area contributed by atoms with Crippen LogP contribution in [0.25, 0.3) is 0 Å². The molecular weight excluding hydrogens is 336 g/mol. The molecule has 2 nitrogen and oxygen atoms in total. The summed E-state index contributed by atoms with van der Waals surface area (Å²) in [5.41, 5.74) is 1.36. The molecule has 1 saturated carbocycles. The maximum absolute atomic E-state index is 2.58. The fourth-order valence-electron chi connectivity index (χ4n) is 3.78. The van der Waals surface area contributed by atoms with Gasteiger partial charge >= 0.3 is 0 Å². The third-order valence-corrected chi connectivity index (χ3v) is 6.47. The first-order chi connectivity index (χ1) is 12.8. The Balaban J connectivity index is 1.48. The fraction of sp³-hybridized carbons (Fsp3) is 0.478. The number of hydrogen-bond donors (Lipinski definition) is 0. The third-order valence-electron chi connectivity index (χ3n) is 5.38. The molecule has 3 heteroatoms. The number of anilines is 1. The van der Waals surface area contributed by atoms with Crippen molar-refractivity contribution in [1.29, 1.82) is 0 Å². The van der Waals surface area contributed by atoms with Gasteiger partial charge in [0, 0.05) is 36.3 Å². The zero-order valence-electron chi connectivity index (χ0n) is 16.0. The summed E-state index contributed by atoms with van der Waals surface area (Å²) in [6.07, 6.45) is 6.80. The first kappa shape index (κ1) is 19.3. The Morgan fingerprint density at radius 3 is 2.19 bits per heavy atom. The van der Waals surface area contributed by atoms with Crippen molar-refractivity contribution in [3.05, 3.63) is 60.7 Å². The van der Waals surface area contributed by atoms with Crippen molar-refractivity contribution in [2.45, 2.75) is 43.0 Å². The highest BCUT2D eigenvalue weighted by Crippen LogP contribution is 2.23. The summed E-state index contributed by atoms with van der Waals surface area (Å²) in [5, 5.41) is 0. The highest BCUT2D eigenvalue weighted by Gasteiger charge is 2.19. The summed E-state index contributed by atoms with van der Waals surface area (Å²) in [4.78, 5) is 6.53. The molecule has 1 fully saturated rings. The summed E-state index contributed by atoms with van der Waals surface area (Å²) in [7, 11) is 2.31. The van der Waals surface area contributed by atoms with Crippen molar-refractivity contribution in [3.8, 4) is 0 Å². The standard InChI is InChI=1S/C23H32N2S/c1-24(21-11-8-9-12-21)18-19-25(22-13-4-2-5-14-22)17-10-20-26-23-15-6-3-7-16-23/h2-7,13-16,21H,8-12,17-20H2,1H3. The van der Waals surface area contributed by atoms with Crippen LogP contribution in [0.4, 0.5) is 5.69 Å². The average Bonchev–Trinajstić information content (AvgIpc) is 3.23. The van der Waals surface area contributed by atoms with Crippen LogP contribution >= 0.6 is 11.8 Å². The topological polar surface area (TPSA) is 6.48 Å². The van der Waals surface area contributed by atoms with Crippen molar-refractivity contribution < 1.29 is 0 Å². The highest BCUT2D eigenvalue weighted by atomic mass is 32.2. The molecule has 140 valence electrons. The fourth-order valence-corrected chi connectivity index (χ4v) is 4.64. The Hall–Kier alpha value is -1.45. The monoisotopic (exact) mass is 368 g/mol. The van der Waals surface area contributed by atoms with Gasteiger partial charge in [-0.05, 0) is 56.3 Å². The van der Waals surface area contributed by atoms with Crippen LogP contribution in [0, 0.1) is 0 Å². The van der Waals surface area contributed by atoms with E-state index in [1.807, 2.05) is 11.8 Å². The number of benzene rings is 2. The van der Waals surface area contributed by atoms with Gasteiger partial charge in [0.15, 0.2) is 0 Å². The summed E-state index contributed by atoms with van der Waals surface area (Å²) in [6, 6.07) is 22.5. The minimum absolute atomic E-state index is 0.807. The zero-order valence-corrected chi connectivity index (χ0v) is 16.8. The van der Waals surface area contributed by atoms with Crippen LogP contribution in [-0.4, -0.2) is 43.4 Å². The molecule has 0 aromatic heterocycles. The highest BCUT2D eigenvalue weighted by molar-refractivity contribution is 7.99. The van der Waals surface area contributed by atoms with Gasteiger partial charge in [0.05, 0.1) is 0 Å². The number of likely N-dealkylation sites (N-methyl/N-ethyl adjacent to an activating group) is 1. The molecule has 0 N–H and O–H groups in total. The second-order valence-electron chi connectivity index (χ2n) is 7.26. The number of hydrogen-bond acceptors (Lipinski definition) is 3. The Morgan fingerprint density at radius 1 is 0.846 bits per heavy atom. The van der Waals surface area contributed by atoms with Gasteiger partial charge in [0.1, 0.15) is 0 Å². The van der Waals surface area contributed by atoms with Crippen LogP contribution in [0.5, 0.6) is 0 Å². The van der Waals surface area contributed by atoms with Crippen LogP contribution in [0.2, 0.25) is 0 Å². The Labute approximate surface area is 163 Å². The summed E-state index contributed by atoms with van der Waals surface area (Å²) >= 11 is 1.97. The lowest BCUT2D eigenvalue weighted by molar-refractivity contribution is 0.250. The van der Waals surface area contributed by atoms with E-state index >= 15 is 0 Å². The second-order valence-corrected chi connectivity index (χ2v) is 8.42. The molecule has 0 spiro atoms. The van der Waals surface area contributed by atoms with E-state index in [9.17, 15) is 0 Å². The maximum atomic E-state index is 2.58. The predicted octanol–water partition coefficient (Wildman–Crippen LogP) is 5.55. The van der Waals surface area contributed by atoms with Crippen molar-refractivity contribution in [2.24, 2.45) is 0 Å². The van der Waals surface area contributed by atoms with Crippen molar-refractivity contribution in [2.75, 3.05) is 37.3 Å². The van der Waals surface area contributed by atoms with E-state index in [1.165, 1.54) is 48.4 Å². The van der Waals surface area contributed by atoms with Gasteiger partial charge in [-0.3, -0.25) is 0 Å². The number of thioether (sulfide) groups is 1. The molecular formula is C23H32N2S. The van der Waals surface area contributed by atoms with Gasteiger partial charge in [0.2, 0.25) is 0 Å². The lowest BCUT2D eigenvalue weighted by Crippen LogP contribution is -2.38. The van der Waals surface area contributed by atoms with E-state index < -0.39 is 0 Å². The summed E-state index contributed by atoms with van der Waals surface area (Å²) < 4.78 is 0. The second kappa shape index (κ2) is 10.6. The maximum Gasteiger partial charge on any atom is 0.0366 e. The minimum atomic E-state index is 0.807. The van der Waals surface area contributed by atoms with Crippen LogP contribution in [-0.2, 0) is 0 Å². The molecule has 0 radical (unpaired) electrons. The molecule has 2 aromatic carbocycles. The molecule has 1 aliphatic carbocycles. The number of rotatable bonds is 10. The van der Waals surface area contributed by atoms with Crippen molar-refractivity contribution >= 4 is 17.4 Å². The van der Waals surface area contributed by atoms with E-state index in [1.54, 1.807) is 0 Å². The first-order valence-corrected chi connectivity index (χ1v) is 11.0. The Morgan fingerprint density at radius 2 is 1.50 bits per heavy atom. The van der Waals surface area contributed by atoms with Gasteiger partial charge in [-0.2, -0.15) is 0 Å². The molecule has 1 aliphatic rings. The van der Waals surface area contributed by atoms with Crippen LogP contribution in [0.1, 0.15) is 32.1 Å². The normalized spacial score (nSPS) is 14.8. The van der Waals surface area contributed by atoms with Crippen LogP contribution in [0.15, 0.2) is 65.6 Å². The molecule has 0 heterocycles. The van der Waals surface area contributed by atoms with E-state index in [4.69, 9.17) is 0 Å². The quantitative estimate of drug-likeness (QED) is 0.401. The molecule has 3 rings (SSSR count). The number of para-hydroxylation sites is 1. The SMILES string of the molecule is CN(CCN(CCCSc1ccccc1)c1ccccc1)C1CCCC1. The van der Waals surface area contributed by atoms with Gasteiger partial charge in [0.25, 0.3) is 0 Å². The molecule has 26 heavy (non-hydrogen) atoms. The molecule has 0 saturated heterocycles. The average molecular weight is 369 g/mol. The van der Waals surface area contributed by atoms with Crippen LogP contribution in [0.3, 0.4) is 0 Å². The van der Waals surface area contributed by atoms with Crippen molar-refractivity contribution in [3.63, 3.8) is 0 Å². The smallest absolute Gasteiger partial charge is 0.0366 e. The van der Waals surface area contributed by atoms with Crippen LogP contribution < -0.4 is 4.90 Å². The summed E-state index contributed by atoms with van der Waals surface area (Å²) in [6.45, 7) is 3.40. The molecule has 0 bridgehead atoms. The Bertz CT molecular complexity index is 611.